The lowest BCUT2D eigenvalue weighted by atomic mass is 10.2. The number of hydrogen-bond acceptors (Lipinski definition) is 4. The van der Waals surface area contributed by atoms with Gasteiger partial charge in [-0.1, -0.05) is 18.2 Å². The van der Waals surface area contributed by atoms with Crippen LogP contribution in [0, 0.1) is 0 Å². The Kier molecular flexibility index (Phi) is 4.70. The van der Waals surface area contributed by atoms with E-state index in [1.807, 2.05) is 24.3 Å². The number of aryl methyl sites for hydroxylation is 1. The molecule has 106 valence electrons. The van der Waals surface area contributed by atoms with Crippen molar-refractivity contribution >= 4 is 15.7 Å². The van der Waals surface area contributed by atoms with E-state index in [0.29, 0.717) is 12.1 Å². The Bertz CT molecular complexity index is 657. The third kappa shape index (κ3) is 4.32. The standard InChI is InChI=1S/C14H17N3O2S/c15-14-4-2-1-3-13(14)11-17-20(18,19)10-7-12-5-8-16-9-6-12/h1-6,8-9,17H,7,10-11,15H2. The molecule has 0 aliphatic heterocycles. The predicted molar refractivity (Wildman–Crippen MR) is 79.4 cm³/mol. The molecule has 1 heterocycles. The Morgan fingerprint density at radius 3 is 2.50 bits per heavy atom. The van der Waals surface area contributed by atoms with Crippen molar-refractivity contribution in [3.8, 4) is 0 Å². The van der Waals surface area contributed by atoms with Crippen molar-refractivity contribution < 1.29 is 8.42 Å². The molecule has 0 radical (unpaired) electrons. The van der Waals surface area contributed by atoms with E-state index in [1.54, 1.807) is 24.5 Å². The number of nitrogens with two attached hydrogens (primary N) is 1. The first-order valence-corrected chi connectivity index (χ1v) is 7.92. The Morgan fingerprint density at radius 2 is 1.80 bits per heavy atom. The van der Waals surface area contributed by atoms with Crippen molar-refractivity contribution in [1.82, 2.24) is 9.71 Å². The van der Waals surface area contributed by atoms with Crippen molar-refractivity contribution in [3.63, 3.8) is 0 Å². The summed E-state index contributed by atoms with van der Waals surface area (Å²) >= 11 is 0. The summed E-state index contributed by atoms with van der Waals surface area (Å²) in [7, 11) is -3.32. The minimum absolute atomic E-state index is 0.0454. The van der Waals surface area contributed by atoms with Crippen LogP contribution in [0.15, 0.2) is 48.8 Å². The van der Waals surface area contributed by atoms with Crippen LogP contribution < -0.4 is 10.5 Å². The average molecular weight is 291 g/mol. The number of anilines is 1. The van der Waals surface area contributed by atoms with Gasteiger partial charge in [0.05, 0.1) is 5.75 Å². The highest BCUT2D eigenvalue weighted by Gasteiger charge is 2.10. The van der Waals surface area contributed by atoms with Gasteiger partial charge in [0, 0.05) is 24.6 Å². The number of nitrogens with zero attached hydrogens (tertiary/aromatic N) is 1. The lowest BCUT2D eigenvalue weighted by Crippen LogP contribution is -2.27. The SMILES string of the molecule is Nc1ccccc1CNS(=O)(=O)CCc1ccncc1. The molecule has 0 spiro atoms. The lowest BCUT2D eigenvalue weighted by molar-refractivity contribution is 0.580. The third-order valence-electron chi connectivity index (χ3n) is 2.95. The molecule has 0 saturated heterocycles. The van der Waals surface area contributed by atoms with Crippen molar-refractivity contribution in [2.45, 2.75) is 13.0 Å². The zero-order valence-corrected chi connectivity index (χ0v) is 11.8. The highest BCUT2D eigenvalue weighted by atomic mass is 32.2. The smallest absolute Gasteiger partial charge is 0.212 e. The second kappa shape index (κ2) is 6.49. The number of nitrogen functional groups attached to an aromatic ring is 1. The molecule has 1 aromatic carbocycles. The Labute approximate surface area is 118 Å². The predicted octanol–water partition coefficient (Wildman–Crippen LogP) is 1.33. The van der Waals surface area contributed by atoms with Crippen LogP contribution in [0.4, 0.5) is 5.69 Å². The summed E-state index contributed by atoms with van der Waals surface area (Å²) in [5.74, 6) is 0.0454. The average Bonchev–Trinajstić information content (AvgIpc) is 2.46. The van der Waals surface area contributed by atoms with E-state index in [4.69, 9.17) is 5.73 Å². The second-order valence-electron chi connectivity index (χ2n) is 4.44. The molecule has 1 aromatic heterocycles. The van der Waals surface area contributed by atoms with Crippen LogP contribution >= 0.6 is 0 Å². The minimum Gasteiger partial charge on any atom is -0.398 e. The van der Waals surface area contributed by atoms with Gasteiger partial charge in [0.15, 0.2) is 0 Å². The first-order chi connectivity index (χ1) is 9.57. The van der Waals surface area contributed by atoms with Crippen LogP contribution in [0.1, 0.15) is 11.1 Å². The van der Waals surface area contributed by atoms with Crippen LogP contribution in [0.2, 0.25) is 0 Å². The fraction of sp³-hybridized carbons (Fsp3) is 0.214. The molecule has 3 N–H and O–H groups in total. The number of benzene rings is 1. The fourth-order valence-electron chi connectivity index (χ4n) is 1.76. The van der Waals surface area contributed by atoms with E-state index < -0.39 is 10.0 Å². The van der Waals surface area contributed by atoms with Crippen LogP contribution in [-0.2, 0) is 23.0 Å². The maximum Gasteiger partial charge on any atom is 0.212 e. The number of sulfonamides is 1. The van der Waals surface area contributed by atoms with Gasteiger partial charge in [-0.15, -0.1) is 0 Å². The van der Waals surface area contributed by atoms with E-state index in [9.17, 15) is 8.42 Å². The number of hydrogen-bond donors (Lipinski definition) is 2. The van der Waals surface area contributed by atoms with Gasteiger partial charge >= 0.3 is 0 Å². The number of pyridine rings is 1. The molecule has 5 nitrogen and oxygen atoms in total. The monoisotopic (exact) mass is 291 g/mol. The van der Waals surface area contributed by atoms with Crippen LogP contribution in [0.3, 0.4) is 0 Å². The summed E-state index contributed by atoms with van der Waals surface area (Å²) in [4.78, 5) is 3.90. The molecule has 0 bridgehead atoms. The summed E-state index contributed by atoms with van der Waals surface area (Å²) in [5.41, 5.74) is 8.09. The maximum absolute atomic E-state index is 11.9. The summed E-state index contributed by atoms with van der Waals surface area (Å²) in [5, 5.41) is 0. The summed E-state index contributed by atoms with van der Waals surface area (Å²) in [6.07, 6.45) is 3.77. The molecule has 0 atom stereocenters. The zero-order valence-electron chi connectivity index (χ0n) is 11.0. The maximum atomic E-state index is 11.9. The summed E-state index contributed by atoms with van der Waals surface area (Å²) < 4.78 is 26.4. The van der Waals surface area contributed by atoms with Gasteiger partial charge in [-0.05, 0) is 35.7 Å². The van der Waals surface area contributed by atoms with Gasteiger partial charge in [-0.2, -0.15) is 0 Å². The van der Waals surface area contributed by atoms with Gasteiger partial charge in [-0.3, -0.25) is 4.98 Å². The van der Waals surface area contributed by atoms with E-state index in [0.717, 1.165) is 11.1 Å². The Balaban J connectivity index is 1.90. The Hall–Kier alpha value is -1.92. The van der Waals surface area contributed by atoms with Crippen LogP contribution in [-0.4, -0.2) is 19.2 Å². The topological polar surface area (TPSA) is 85.1 Å². The van der Waals surface area contributed by atoms with E-state index in [2.05, 4.69) is 9.71 Å². The molecule has 0 amide bonds. The molecule has 0 aliphatic carbocycles. The van der Waals surface area contributed by atoms with Crippen molar-refractivity contribution in [3.05, 3.63) is 59.9 Å². The molecule has 0 saturated carbocycles. The minimum atomic E-state index is -3.32. The number of rotatable bonds is 6. The van der Waals surface area contributed by atoms with Crippen molar-refractivity contribution in [2.75, 3.05) is 11.5 Å². The van der Waals surface area contributed by atoms with Crippen LogP contribution in [0.5, 0.6) is 0 Å². The van der Waals surface area contributed by atoms with Gasteiger partial charge in [-0.25, -0.2) is 13.1 Å². The Morgan fingerprint density at radius 1 is 1.10 bits per heavy atom. The van der Waals surface area contributed by atoms with Gasteiger partial charge in [0.2, 0.25) is 10.0 Å². The van der Waals surface area contributed by atoms with Crippen molar-refractivity contribution in [1.29, 1.82) is 0 Å². The van der Waals surface area contributed by atoms with Crippen LogP contribution in [0.25, 0.3) is 0 Å². The normalized spacial score (nSPS) is 11.4. The molecule has 0 unspecified atom stereocenters. The van der Waals surface area contributed by atoms with E-state index in [1.165, 1.54) is 0 Å². The fourth-order valence-corrected chi connectivity index (χ4v) is 2.78. The summed E-state index contributed by atoms with van der Waals surface area (Å²) in [6.45, 7) is 0.214. The highest BCUT2D eigenvalue weighted by Crippen LogP contribution is 2.10. The van der Waals surface area contributed by atoms with Gasteiger partial charge < -0.3 is 5.73 Å². The first-order valence-electron chi connectivity index (χ1n) is 6.26. The quantitative estimate of drug-likeness (QED) is 0.786. The number of aromatic nitrogens is 1. The summed E-state index contributed by atoms with van der Waals surface area (Å²) in [6, 6.07) is 10.8. The van der Waals surface area contributed by atoms with Crippen molar-refractivity contribution in [2.24, 2.45) is 0 Å². The molecule has 20 heavy (non-hydrogen) atoms. The molecule has 0 aliphatic rings. The lowest BCUT2D eigenvalue weighted by Gasteiger charge is -2.08. The molecule has 6 heteroatoms. The molecular weight excluding hydrogens is 274 g/mol. The number of para-hydroxylation sites is 1. The van der Waals surface area contributed by atoms with Gasteiger partial charge in [0.1, 0.15) is 0 Å². The van der Waals surface area contributed by atoms with E-state index in [-0.39, 0.29) is 12.3 Å². The molecule has 2 aromatic rings. The molecular formula is C14H17N3O2S. The van der Waals surface area contributed by atoms with E-state index >= 15 is 0 Å². The highest BCUT2D eigenvalue weighted by molar-refractivity contribution is 7.89. The molecule has 0 fully saturated rings. The number of nitrogens with one attached hydrogen (secondary N) is 1. The van der Waals surface area contributed by atoms with Gasteiger partial charge in [0.25, 0.3) is 0 Å². The third-order valence-corrected chi connectivity index (χ3v) is 4.27. The second-order valence-corrected chi connectivity index (χ2v) is 6.37. The first kappa shape index (κ1) is 14.5. The zero-order chi connectivity index (χ0) is 14.4. The largest absolute Gasteiger partial charge is 0.398 e. The molecule has 2 rings (SSSR count).